The van der Waals surface area contributed by atoms with Crippen LogP contribution in [0.25, 0.3) is 0 Å². The fraction of sp³-hybridized carbons (Fsp3) is 0.143. The van der Waals surface area contributed by atoms with E-state index in [0.717, 1.165) is 5.56 Å². The van der Waals surface area contributed by atoms with Crippen molar-refractivity contribution in [3.8, 4) is 0 Å². The lowest BCUT2D eigenvalue weighted by Gasteiger charge is -2.16. The Morgan fingerprint density at radius 1 is 1.31 bits per heavy atom. The number of hydrogen-bond acceptors (Lipinski definition) is 3. The highest BCUT2D eigenvalue weighted by atomic mass is 35.5. The molecule has 1 aromatic rings. The minimum Gasteiger partial charge on any atom is -0.182 e. The van der Waals surface area contributed by atoms with E-state index in [2.05, 4.69) is 10.3 Å². The Morgan fingerprint density at radius 2 is 2.08 bits per heavy atom. The number of rotatable bonds is 0. The van der Waals surface area contributed by atoms with Crippen LogP contribution in [0.15, 0.2) is 22.5 Å². The lowest BCUT2D eigenvalue weighted by atomic mass is 10.2. The smallest absolute Gasteiger partial charge is 0.0955 e. The summed E-state index contributed by atoms with van der Waals surface area (Å²) in [5.74, 6) is 0. The molecule has 0 atom stereocenters. The van der Waals surface area contributed by atoms with Crippen molar-refractivity contribution in [1.82, 2.24) is 4.53 Å². The van der Waals surface area contributed by atoms with Crippen LogP contribution in [0.3, 0.4) is 0 Å². The number of nitrogens with zero attached hydrogens (tertiary/aromatic N) is 3. The largest absolute Gasteiger partial charge is 0.182 e. The van der Waals surface area contributed by atoms with Gasteiger partial charge in [0.15, 0.2) is 0 Å². The van der Waals surface area contributed by atoms with Crippen LogP contribution in [0, 0.1) is 0 Å². The Kier molecular flexibility index (Phi) is 2.32. The number of benzene rings is 1. The average Bonchev–Trinajstić information content (AvgIpc) is 2.06. The molecule has 0 bridgehead atoms. The molecule has 0 N–H and O–H groups in total. The van der Waals surface area contributed by atoms with Gasteiger partial charge in [0.1, 0.15) is 0 Å². The highest BCUT2D eigenvalue weighted by Gasteiger charge is 2.15. The van der Waals surface area contributed by atoms with Gasteiger partial charge in [0.25, 0.3) is 0 Å². The summed E-state index contributed by atoms with van der Waals surface area (Å²) >= 11 is 17.4. The molecule has 1 heterocycles. The van der Waals surface area contributed by atoms with E-state index in [-0.39, 0.29) is 0 Å². The van der Waals surface area contributed by atoms with Crippen LogP contribution in [0.4, 0.5) is 5.69 Å². The minimum atomic E-state index is 0.441. The molecule has 0 fully saturated rings. The number of fused-ring (bicyclic) bond motifs is 1. The maximum atomic E-state index is 5.94. The Morgan fingerprint density at radius 3 is 2.85 bits per heavy atom. The van der Waals surface area contributed by atoms with Gasteiger partial charge in [-0.15, -0.1) is 5.11 Å². The molecule has 2 rings (SSSR count). The van der Waals surface area contributed by atoms with Gasteiger partial charge < -0.3 is 0 Å². The van der Waals surface area contributed by atoms with Gasteiger partial charge in [-0.3, -0.25) is 0 Å². The first kappa shape index (κ1) is 9.06. The first-order valence-electron chi connectivity index (χ1n) is 3.50. The summed E-state index contributed by atoms with van der Waals surface area (Å²) in [6.07, 6.45) is 0. The molecule has 0 spiro atoms. The Bertz CT molecular complexity index is 377. The second kappa shape index (κ2) is 3.33. The van der Waals surface area contributed by atoms with Gasteiger partial charge in [0.05, 0.1) is 12.2 Å². The van der Waals surface area contributed by atoms with Crippen molar-refractivity contribution in [2.24, 2.45) is 10.3 Å². The molecule has 0 unspecified atom stereocenters. The third-order valence-corrected chi connectivity index (χ3v) is 2.42. The van der Waals surface area contributed by atoms with E-state index in [1.165, 1.54) is 4.53 Å². The lowest BCUT2D eigenvalue weighted by molar-refractivity contribution is 0.436. The maximum Gasteiger partial charge on any atom is 0.0955 e. The van der Waals surface area contributed by atoms with Crippen molar-refractivity contribution in [3.63, 3.8) is 0 Å². The molecule has 0 aliphatic carbocycles. The molecule has 3 nitrogen and oxygen atoms in total. The summed E-state index contributed by atoms with van der Waals surface area (Å²) in [7, 11) is 0. The van der Waals surface area contributed by atoms with Crippen molar-refractivity contribution in [3.05, 3.63) is 27.7 Å². The SMILES string of the molecule is Clc1cc(Cl)c2c(c1)N=NN(Cl)C2. The predicted octanol–water partition coefficient (Wildman–Crippen LogP) is 3.96. The van der Waals surface area contributed by atoms with Gasteiger partial charge in [-0.25, -0.2) is 0 Å². The maximum absolute atomic E-state index is 5.94. The van der Waals surface area contributed by atoms with E-state index in [4.69, 9.17) is 35.0 Å². The number of hydrogen-bond donors (Lipinski definition) is 0. The van der Waals surface area contributed by atoms with Crippen molar-refractivity contribution in [2.75, 3.05) is 0 Å². The van der Waals surface area contributed by atoms with Crippen molar-refractivity contribution in [2.45, 2.75) is 6.54 Å². The zero-order valence-electron chi connectivity index (χ0n) is 6.34. The van der Waals surface area contributed by atoms with E-state index in [1.54, 1.807) is 12.1 Å². The molecule has 68 valence electrons. The number of halogens is 3. The standard InChI is InChI=1S/C7H4Cl3N3/c8-4-1-6(9)5-3-13(10)12-11-7(5)2-4/h1-2H,3H2. The van der Waals surface area contributed by atoms with Gasteiger partial charge in [0, 0.05) is 27.4 Å². The average molecular weight is 236 g/mol. The molecular weight excluding hydrogens is 232 g/mol. The van der Waals surface area contributed by atoms with Crippen LogP contribution >= 0.6 is 35.0 Å². The zero-order chi connectivity index (χ0) is 9.42. The van der Waals surface area contributed by atoms with Crippen LogP contribution < -0.4 is 0 Å². The van der Waals surface area contributed by atoms with Crippen molar-refractivity contribution >= 4 is 40.7 Å². The molecule has 0 radical (unpaired) electrons. The van der Waals surface area contributed by atoms with E-state index >= 15 is 0 Å². The Hall–Kier alpha value is -0.510. The highest BCUT2D eigenvalue weighted by molar-refractivity contribution is 6.35. The molecule has 13 heavy (non-hydrogen) atoms. The topological polar surface area (TPSA) is 28.0 Å². The molecule has 1 aromatic carbocycles. The third kappa shape index (κ3) is 1.73. The molecule has 0 amide bonds. The first-order chi connectivity index (χ1) is 6.16. The third-order valence-electron chi connectivity index (χ3n) is 1.67. The van der Waals surface area contributed by atoms with E-state index in [0.29, 0.717) is 22.3 Å². The molecule has 6 heteroatoms. The van der Waals surface area contributed by atoms with E-state index in [9.17, 15) is 0 Å². The van der Waals surface area contributed by atoms with Crippen LogP contribution in [-0.2, 0) is 6.54 Å². The molecule has 1 aliphatic rings. The Labute approximate surface area is 90.0 Å². The van der Waals surface area contributed by atoms with Gasteiger partial charge in [-0.05, 0) is 12.1 Å². The quantitative estimate of drug-likeness (QED) is 0.627. The molecular formula is C7H4Cl3N3. The van der Waals surface area contributed by atoms with Gasteiger partial charge in [-0.2, -0.15) is 4.53 Å². The van der Waals surface area contributed by atoms with Crippen LogP contribution in [0.2, 0.25) is 10.0 Å². The summed E-state index contributed by atoms with van der Waals surface area (Å²) in [6.45, 7) is 0.441. The minimum absolute atomic E-state index is 0.441. The van der Waals surface area contributed by atoms with E-state index in [1.807, 2.05) is 0 Å². The predicted molar refractivity (Wildman–Crippen MR) is 52.4 cm³/mol. The summed E-state index contributed by atoms with van der Waals surface area (Å²) in [6, 6.07) is 3.36. The highest BCUT2D eigenvalue weighted by Crippen LogP contribution is 2.35. The van der Waals surface area contributed by atoms with Crippen molar-refractivity contribution in [1.29, 1.82) is 0 Å². The summed E-state index contributed by atoms with van der Waals surface area (Å²) in [5, 5.41) is 8.61. The fourth-order valence-corrected chi connectivity index (χ4v) is 1.79. The second-order valence-corrected chi connectivity index (χ2v) is 3.80. The summed E-state index contributed by atoms with van der Waals surface area (Å²) in [4.78, 5) is 0. The van der Waals surface area contributed by atoms with Crippen LogP contribution in [0.5, 0.6) is 0 Å². The van der Waals surface area contributed by atoms with Gasteiger partial charge in [-0.1, -0.05) is 28.4 Å². The summed E-state index contributed by atoms with van der Waals surface area (Å²) in [5.41, 5.74) is 1.52. The van der Waals surface area contributed by atoms with Crippen molar-refractivity contribution < 1.29 is 0 Å². The van der Waals surface area contributed by atoms with Crippen LogP contribution in [0.1, 0.15) is 5.56 Å². The second-order valence-electron chi connectivity index (χ2n) is 2.57. The van der Waals surface area contributed by atoms with Gasteiger partial charge >= 0.3 is 0 Å². The molecule has 0 saturated heterocycles. The van der Waals surface area contributed by atoms with Crippen LogP contribution in [-0.4, -0.2) is 4.53 Å². The normalized spacial score (nSPS) is 14.5. The van der Waals surface area contributed by atoms with Gasteiger partial charge in [0.2, 0.25) is 0 Å². The fourth-order valence-electron chi connectivity index (χ4n) is 1.09. The first-order valence-corrected chi connectivity index (χ1v) is 4.59. The molecule has 0 aromatic heterocycles. The molecule has 1 aliphatic heterocycles. The van der Waals surface area contributed by atoms with E-state index < -0.39 is 0 Å². The monoisotopic (exact) mass is 235 g/mol. The molecule has 0 saturated carbocycles. The zero-order valence-corrected chi connectivity index (χ0v) is 8.61. The lowest BCUT2D eigenvalue weighted by Crippen LogP contribution is -2.07. The Balaban J connectivity index is 2.56. The summed E-state index contributed by atoms with van der Waals surface area (Å²) < 4.78 is 1.20.